The maximum Gasteiger partial charge on any atom is 0.330 e. The van der Waals surface area contributed by atoms with Crippen LogP contribution in [-0.2, 0) is 22.4 Å². The number of phenols is 1. The number of aromatic hydroxyl groups is 1. The van der Waals surface area contributed by atoms with Crippen molar-refractivity contribution in [2.24, 2.45) is 5.92 Å². The fourth-order valence-electron chi connectivity index (χ4n) is 3.22. The highest BCUT2D eigenvalue weighted by molar-refractivity contribution is 5.87. The molecule has 1 aromatic carbocycles. The van der Waals surface area contributed by atoms with Crippen LogP contribution in [0.1, 0.15) is 95.8 Å². The number of esters is 1. The van der Waals surface area contributed by atoms with Crippen LogP contribution in [0, 0.1) is 5.92 Å². The summed E-state index contributed by atoms with van der Waals surface area (Å²) in [6, 6.07) is 3.99. The van der Waals surface area contributed by atoms with Crippen molar-refractivity contribution in [3.05, 3.63) is 34.9 Å². The zero-order chi connectivity index (χ0) is 20.8. The fourth-order valence-corrected chi connectivity index (χ4v) is 3.22. The highest BCUT2D eigenvalue weighted by Gasteiger charge is 2.09. The third-order valence-electron chi connectivity index (χ3n) is 4.97. The van der Waals surface area contributed by atoms with E-state index in [-0.39, 0.29) is 5.97 Å². The Morgan fingerprint density at radius 3 is 2.14 bits per heavy atom. The Kier molecular flexibility index (Phi) is 12.4. The number of hydrogen-bond acceptors (Lipinski definition) is 3. The van der Waals surface area contributed by atoms with Crippen molar-refractivity contribution >= 4 is 12.0 Å². The van der Waals surface area contributed by atoms with Crippen LogP contribution in [0.2, 0.25) is 0 Å². The van der Waals surface area contributed by atoms with Gasteiger partial charge < -0.3 is 9.84 Å². The summed E-state index contributed by atoms with van der Waals surface area (Å²) in [5, 5.41) is 10.5. The number of carbonyl (C=O) groups is 1. The summed E-state index contributed by atoms with van der Waals surface area (Å²) in [4.78, 5) is 12.0. The van der Waals surface area contributed by atoms with Gasteiger partial charge >= 0.3 is 5.97 Å². The second-order valence-corrected chi connectivity index (χ2v) is 8.14. The Morgan fingerprint density at radius 1 is 1.00 bits per heavy atom. The molecular weight excluding hydrogens is 348 g/mol. The van der Waals surface area contributed by atoms with Gasteiger partial charge in [0.15, 0.2) is 0 Å². The van der Waals surface area contributed by atoms with Crippen molar-refractivity contribution in [3.63, 3.8) is 0 Å². The molecule has 3 heteroatoms. The van der Waals surface area contributed by atoms with E-state index in [1.54, 1.807) is 0 Å². The van der Waals surface area contributed by atoms with Crippen LogP contribution < -0.4 is 0 Å². The molecule has 1 rings (SSSR count). The summed E-state index contributed by atoms with van der Waals surface area (Å²) in [6.45, 7) is 9.25. The second-order valence-electron chi connectivity index (χ2n) is 8.14. The number of carbonyl (C=O) groups excluding carboxylic acids is 1. The van der Waals surface area contributed by atoms with Gasteiger partial charge in [-0.15, -0.1) is 0 Å². The Balaban J connectivity index is 2.63. The summed E-state index contributed by atoms with van der Waals surface area (Å²) in [6.07, 6.45) is 13.8. The van der Waals surface area contributed by atoms with Gasteiger partial charge in [0, 0.05) is 6.08 Å². The summed E-state index contributed by atoms with van der Waals surface area (Å²) in [5.74, 6) is 0.880. The molecule has 0 heterocycles. The second kappa shape index (κ2) is 14.3. The molecule has 0 aliphatic carbocycles. The third kappa shape index (κ3) is 9.96. The number of phenolic OH excluding ortho intramolecular Hbond substituents is 1. The predicted molar refractivity (Wildman–Crippen MR) is 119 cm³/mol. The van der Waals surface area contributed by atoms with Gasteiger partial charge in [-0.05, 0) is 72.9 Å². The van der Waals surface area contributed by atoms with Crippen molar-refractivity contribution in [2.45, 2.75) is 91.9 Å². The van der Waals surface area contributed by atoms with Crippen LogP contribution in [0.3, 0.4) is 0 Å². The van der Waals surface area contributed by atoms with E-state index in [0.29, 0.717) is 12.4 Å². The molecule has 0 unspecified atom stereocenters. The van der Waals surface area contributed by atoms with Crippen molar-refractivity contribution in [1.82, 2.24) is 0 Å². The van der Waals surface area contributed by atoms with Crippen molar-refractivity contribution < 1.29 is 14.6 Å². The molecular formula is C25H40O3. The topological polar surface area (TPSA) is 46.5 Å². The Hall–Kier alpha value is -1.77. The average Bonchev–Trinajstić information content (AvgIpc) is 2.67. The molecule has 1 aromatic rings. The van der Waals surface area contributed by atoms with Crippen LogP contribution in [0.4, 0.5) is 0 Å². The highest BCUT2D eigenvalue weighted by Crippen LogP contribution is 2.28. The lowest BCUT2D eigenvalue weighted by Crippen LogP contribution is -2.02. The zero-order valence-electron chi connectivity index (χ0n) is 18.4. The fraction of sp³-hybridized carbons (Fsp3) is 0.640. The van der Waals surface area contributed by atoms with Crippen LogP contribution in [0.5, 0.6) is 5.75 Å². The van der Waals surface area contributed by atoms with Gasteiger partial charge in [-0.2, -0.15) is 0 Å². The molecule has 28 heavy (non-hydrogen) atoms. The van der Waals surface area contributed by atoms with Gasteiger partial charge in [0.05, 0.1) is 6.61 Å². The molecule has 0 radical (unpaired) electrons. The lowest BCUT2D eigenvalue weighted by molar-refractivity contribution is -0.137. The Bertz CT molecular complexity index is 573. The number of benzene rings is 1. The molecule has 0 aliphatic heterocycles. The molecule has 0 saturated carbocycles. The quantitative estimate of drug-likeness (QED) is 0.215. The Morgan fingerprint density at radius 2 is 1.61 bits per heavy atom. The first-order chi connectivity index (χ1) is 13.5. The van der Waals surface area contributed by atoms with Crippen LogP contribution in [0.15, 0.2) is 18.2 Å². The highest BCUT2D eigenvalue weighted by atomic mass is 16.5. The normalized spacial score (nSPS) is 11.5. The SMILES string of the molecule is CCCCc1cc(/C=C/C(=O)OCCCCCC(C)C)cc(CCCC)c1O. The lowest BCUT2D eigenvalue weighted by Gasteiger charge is -2.11. The first kappa shape index (κ1) is 24.3. The molecule has 0 spiro atoms. The van der Waals surface area contributed by atoms with E-state index in [4.69, 9.17) is 4.74 Å². The maximum atomic E-state index is 12.0. The Labute approximate surface area is 172 Å². The minimum Gasteiger partial charge on any atom is -0.507 e. The summed E-state index contributed by atoms with van der Waals surface area (Å²) < 4.78 is 5.31. The van der Waals surface area contributed by atoms with E-state index >= 15 is 0 Å². The van der Waals surface area contributed by atoms with Gasteiger partial charge in [-0.25, -0.2) is 4.79 Å². The minimum atomic E-state index is -0.290. The van der Waals surface area contributed by atoms with Crippen LogP contribution in [-0.4, -0.2) is 17.7 Å². The van der Waals surface area contributed by atoms with Crippen molar-refractivity contribution in [3.8, 4) is 5.75 Å². The van der Waals surface area contributed by atoms with E-state index in [1.165, 1.54) is 18.9 Å². The number of ether oxygens (including phenoxy) is 1. The third-order valence-corrected chi connectivity index (χ3v) is 4.97. The molecule has 3 nitrogen and oxygen atoms in total. The standard InChI is InChI=1S/C25H40O3/c1-5-7-13-22-18-21(19-23(25(22)27)14-8-6-2)15-16-24(26)28-17-11-9-10-12-20(3)4/h15-16,18-20,27H,5-14,17H2,1-4H3/b16-15+. The minimum absolute atomic E-state index is 0.290. The summed E-state index contributed by atoms with van der Waals surface area (Å²) in [5.41, 5.74) is 2.92. The van der Waals surface area contributed by atoms with Crippen LogP contribution >= 0.6 is 0 Å². The molecule has 0 fully saturated rings. The molecule has 0 aromatic heterocycles. The molecule has 0 aliphatic rings. The van der Waals surface area contributed by atoms with Crippen molar-refractivity contribution in [2.75, 3.05) is 6.61 Å². The lowest BCUT2D eigenvalue weighted by atomic mass is 9.97. The first-order valence-electron chi connectivity index (χ1n) is 11.2. The van der Waals surface area contributed by atoms with E-state index in [1.807, 2.05) is 18.2 Å². The first-order valence-corrected chi connectivity index (χ1v) is 11.2. The largest absolute Gasteiger partial charge is 0.507 e. The molecule has 0 amide bonds. The summed E-state index contributed by atoms with van der Waals surface area (Å²) >= 11 is 0. The predicted octanol–water partition coefficient (Wildman–Crippen LogP) is 6.85. The van der Waals surface area contributed by atoms with E-state index in [2.05, 4.69) is 27.7 Å². The van der Waals surface area contributed by atoms with E-state index < -0.39 is 0 Å². The molecule has 0 saturated heterocycles. The van der Waals surface area contributed by atoms with Crippen LogP contribution in [0.25, 0.3) is 6.08 Å². The van der Waals surface area contributed by atoms with Gasteiger partial charge in [0.2, 0.25) is 0 Å². The van der Waals surface area contributed by atoms with Gasteiger partial charge in [0.25, 0.3) is 0 Å². The number of unbranched alkanes of at least 4 members (excludes halogenated alkanes) is 4. The monoisotopic (exact) mass is 388 g/mol. The zero-order valence-corrected chi connectivity index (χ0v) is 18.4. The molecule has 1 N–H and O–H groups in total. The maximum absolute atomic E-state index is 12.0. The average molecular weight is 389 g/mol. The molecule has 0 bridgehead atoms. The smallest absolute Gasteiger partial charge is 0.330 e. The number of aryl methyl sites for hydroxylation is 2. The summed E-state index contributed by atoms with van der Waals surface area (Å²) in [7, 11) is 0. The molecule has 158 valence electrons. The van der Waals surface area contributed by atoms with Gasteiger partial charge in [0.1, 0.15) is 5.75 Å². The van der Waals surface area contributed by atoms with E-state index in [9.17, 15) is 9.90 Å². The van der Waals surface area contributed by atoms with Gasteiger partial charge in [-0.1, -0.05) is 59.8 Å². The van der Waals surface area contributed by atoms with Gasteiger partial charge in [-0.3, -0.25) is 0 Å². The molecule has 0 atom stereocenters. The van der Waals surface area contributed by atoms with E-state index in [0.717, 1.165) is 74.0 Å². The number of rotatable bonds is 14. The van der Waals surface area contributed by atoms with Crippen molar-refractivity contribution in [1.29, 1.82) is 0 Å². The number of hydrogen-bond donors (Lipinski definition) is 1.